The maximum atomic E-state index is 14.7. The summed E-state index contributed by atoms with van der Waals surface area (Å²) in [5, 5.41) is 4.58. The van der Waals surface area contributed by atoms with E-state index in [0.29, 0.717) is 65.7 Å². The summed E-state index contributed by atoms with van der Waals surface area (Å²) in [4.78, 5) is 31.0. The molecule has 0 aromatic heterocycles. The minimum atomic E-state index is -0.274. The van der Waals surface area contributed by atoms with Gasteiger partial charge in [-0.3, -0.25) is 9.59 Å². The number of nitrogens with one attached hydrogen (secondary N) is 1. The van der Waals surface area contributed by atoms with E-state index in [-0.39, 0.29) is 36.5 Å². The van der Waals surface area contributed by atoms with Crippen LogP contribution in [0.2, 0.25) is 10.0 Å². The fraction of sp³-hybridized carbons (Fsp3) is 0.405. The Kier molecular flexibility index (Phi) is 10.4. The van der Waals surface area contributed by atoms with Crippen molar-refractivity contribution in [3.63, 3.8) is 0 Å². The molecule has 254 valence electrons. The van der Waals surface area contributed by atoms with Gasteiger partial charge in [0.2, 0.25) is 5.91 Å². The molecule has 3 aromatic rings. The van der Waals surface area contributed by atoms with Gasteiger partial charge in [0, 0.05) is 44.2 Å². The van der Waals surface area contributed by atoms with Crippen molar-refractivity contribution in [1.29, 1.82) is 0 Å². The third-order valence-corrected chi connectivity index (χ3v) is 9.64. The van der Waals surface area contributed by atoms with Gasteiger partial charge in [-0.15, -0.1) is 0 Å². The molecule has 2 bridgehead atoms. The Balaban J connectivity index is 1.23. The fourth-order valence-electron chi connectivity index (χ4n) is 6.59. The Morgan fingerprint density at radius 1 is 0.917 bits per heavy atom. The zero-order valence-corrected chi connectivity index (χ0v) is 29.2. The molecule has 0 spiro atoms. The second-order valence-corrected chi connectivity index (χ2v) is 13.4. The van der Waals surface area contributed by atoms with Crippen molar-refractivity contribution >= 4 is 40.6 Å². The van der Waals surface area contributed by atoms with Crippen LogP contribution in [-0.4, -0.2) is 80.3 Å². The fourth-order valence-corrected chi connectivity index (χ4v) is 7.29. The second kappa shape index (κ2) is 14.7. The lowest BCUT2D eigenvalue weighted by Crippen LogP contribution is -2.61. The zero-order valence-electron chi connectivity index (χ0n) is 27.7. The molecule has 1 saturated heterocycles. The molecule has 2 heterocycles. The lowest BCUT2D eigenvalue weighted by Gasteiger charge is -2.44. The number of halogens is 2. The van der Waals surface area contributed by atoms with Gasteiger partial charge in [-0.05, 0) is 84.8 Å². The number of rotatable bonds is 12. The molecule has 2 amide bonds. The van der Waals surface area contributed by atoms with Gasteiger partial charge in [0.1, 0.15) is 19.0 Å². The average Bonchev–Trinajstić information content (AvgIpc) is 3.91. The smallest absolute Gasteiger partial charge is 0.252 e. The van der Waals surface area contributed by atoms with Gasteiger partial charge < -0.3 is 34.1 Å². The minimum absolute atomic E-state index is 0.00506. The topological polar surface area (TPSA) is 89.6 Å². The lowest BCUT2D eigenvalue weighted by atomic mass is 9.82. The van der Waals surface area contributed by atoms with E-state index < -0.39 is 0 Å². The van der Waals surface area contributed by atoms with Crippen molar-refractivity contribution in [2.24, 2.45) is 0 Å². The summed E-state index contributed by atoms with van der Waals surface area (Å²) in [5.74, 6) is 2.41. The number of benzene rings is 3. The molecule has 1 saturated carbocycles. The first-order chi connectivity index (χ1) is 23.1. The number of carbonyl (C=O) groups excluding carboxylic acids is 2. The van der Waals surface area contributed by atoms with E-state index in [1.165, 1.54) is 0 Å². The molecule has 1 N–H and O–H groups in total. The van der Waals surface area contributed by atoms with Crippen LogP contribution >= 0.6 is 23.2 Å². The predicted molar refractivity (Wildman–Crippen MR) is 186 cm³/mol. The molecule has 0 radical (unpaired) electrons. The van der Waals surface area contributed by atoms with Crippen LogP contribution in [-0.2, 0) is 16.1 Å². The van der Waals surface area contributed by atoms with Crippen LogP contribution in [0.4, 0.5) is 0 Å². The third-order valence-electron chi connectivity index (χ3n) is 9.07. The number of piperazine rings is 1. The largest absolute Gasteiger partial charge is 0.493 e. The standard InChI is InChI=1S/C37H41Cl2N3O6/c1-22-15-30(38)36(31(39)16-22)48-14-13-47-28-10-6-25(7-11-28)29-18-26-20-41(23(2)43)21-32(40-26)35(29)37(44)42(27-8-9-27)19-24-5-12-33(45-3)34(17-24)46-4/h5-7,10-12,15-17,26-27,32,40H,8-9,13-14,18-21H2,1-4H3/t26?,32-/m1/s1. The predicted octanol–water partition coefficient (Wildman–Crippen LogP) is 6.31. The Labute approximate surface area is 291 Å². The molecule has 1 aliphatic carbocycles. The van der Waals surface area contributed by atoms with E-state index in [2.05, 4.69) is 5.32 Å². The Bertz CT molecular complexity index is 1680. The highest BCUT2D eigenvalue weighted by atomic mass is 35.5. The normalized spacial score (nSPS) is 18.8. The molecule has 6 rings (SSSR count). The van der Waals surface area contributed by atoms with Gasteiger partial charge in [-0.25, -0.2) is 0 Å². The highest BCUT2D eigenvalue weighted by Crippen LogP contribution is 2.39. The number of methoxy groups -OCH3 is 2. The molecule has 2 atom stereocenters. The number of fused-ring (bicyclic) bond motifs is 2. The summed E-state index contributed by atoms with van der Waals surface area (Å²) >= 11 is 12.6. The number of nitrogens with zero attached hydrogens (tertiary/aromatic N) is 2. The molecule has 11 heteroatoms. The molecule has 2 aliphatic heterocycles. The highest BCUT2D eigenvalue weighted by molar-refractivity contribution is 6.37. The van der Waals surface area contributed by atoms with Crippen LogP contribution < -0.4 is 24.3 Å². The van der Waals surface area contributed by atoms with E-state index >= 15 is 0 Å². The highest BCUT2D eigenvalue weighted by Gasteiger charge is 2.43. The van der Waals surface area contributed by atoms with Crippen LogP contribution in [0.15, 0.2) is 60.2 Å². The summed E-state index contributed by atoms with van der Waals surface area (Å²) in [6.45, 7) is 5.58. The Morgan fingerprint density at radius 3 is 2.25 bits per heavy atom. The van der Waals surface area contributed by atoms with Gasteiger partial charge >= 0.3 is 0 Å². The molecule has 3 aromatic carbocycles. The summed E-state index contributed by atoms with van der Waals surface area (Å²) in [5.41, 5.74) is 4.62. The van der Waals surface area contributed by atoms with Gasteiger partial charge in [0.15, 0.2) is 17.2 Å². The number of carbonyl (C=O) groups is 2. The maximum absolute atomic E-state index is 14.7. The first kappa shape index (κ1) is 34.0. The molecule has 1 unspecified atom stereocenters. The van der Waals surface area contributed by atoms with E-state index in [0.717, 1.165) is 40.7 Å². The minimum Gasteiger partial charge on any atom is -0.493 e. The van der Waals surface area contributed by atoms with Crippen LogP contribution in [0.5, 0.6) is 23.0 Å². The Morgan fingerprint density at radius 2 is 1.60 bits per heavy atom. The van der Waals surface area contributed by atoms with Crippen molar-refractivity contribution in [2.75, 3.05) is 40.5 Å². The van der Waals surface area contributed by atoms with Crippen LogP contribution in [0, 0.1) is 6.92 Å². The molecule has 48 heavy (non-hydrogen) atoms. The van der Waals surface area contributed by atoms with Crippen molar-refractivity contribution in [1.82, 2.24) is 15.1 Å². The van der Waals surface area contributed by atoms with Crippen molar-refractivity contribution in [3.05, 3.63) is 86.9 Å². The van der Waals surface area contributed by atoms with Crippen molar-refractivity contribution in [2.45, 2.75) is 57.8 Å². The zero-order chi connectivity index (χ0) is 33.9. The quantitative estimate of drug-likeness (QED) is 0.222. The van der Waals surface area contributed by atoms with E-state index in [1.807, 2.05) is 71.3 Å². The maximum Gasteiger partial charge on any atom is 0.252 e. The summed E-state index contributed by atoms with van der Waals surface area (Å²) in [6.07, 6.45) is 2.54. The summed E-state index contributed by atoms with van der Waals surface area (Å²) in [7, 11) is 3.22. The van der Waals surface area contributed by atoms with Crippen molar-refractivity contribution in [3.8, 4) is 23.0 Å². The molecule has 2 fully saturated rings. The number of hydrogen-bond acceptors (Lipinski definition) is 7. The van der Waals surface area contributed by atoms with Gasteiger partial charge in [0.25, 0.3) is 5.91 Å². The SMILES string of the molecule is COc1ccc(CN(C(=O)C2=C(c3ccc(OCCOc4c(Cl)cc(C)cc4Cl)cc3)CC3CN(C(C)=O)C[C@H]2N3)C2CC2)cc1OC. The number of amides is 2. The van der Waals surface area contributed by atoms with E-state index in [1.54, 1.807) is 21.1 Å². The van der Waals surface area contributed by atoms with Crippen LogP contribution in [0.1, 0.15) is 42.9 Å². The number of ether oxygens (including phenoxy) is 4. The molecule has 9 nitrogen and oxygen atoms in total. The van der Waals surface area contributed by atoms with E-state index in [4.69, 9.17) is 42.1 Å². The lowest BCUT2D eigenvalue weighted by molar-refractivity contribution is -0.132. The first-order valence-corrected chi connectivity index (χ1v) is 17.0. The average molecular weight is 695 g/mol. The Hall–Kier alpha value is -3.92. The first-order valence-electron chi connectivity index (χ1n) is 16.2. The van der Waals surface area contributed by atoms with Gasteiger partial charge in [0.05, 0.1) is 30.3 Å². The molecule has 3 aliphatic rings. The molecular formula is C37H41Cl2N3O6. The number of aryl methyl sites for hydroxylation is 1. The monoisotopic (exact) mass is 693 g/mol. The van der Waals surface area contributed by atoms with Gasteiger partial charge in [-0.2, -0.15) is 0 Å². The third kappa shape index (κ3) is 7.53. The summed E-state index contributed by atoms with van der Waals surface area (Å²) < 4.78 is 22.7. The summed E-state index contributed by atoms with van der Waals surface area (Å²) in [6, 6.07) is 17.2. The van der Waals surface area contributed by atoms with Crippen LogP contribution in [0.25, 0.3) is 5.57 Å². The van der Waals surface area contributed by atoms with E-state index in [9.17, 15) is 9.59 Å². The van der Waals surface area contributed by atoms with Crippen LogP contribution in [0.3, 0.4) is 0 Å². The molecular weight excluding hydrogens is 653 g/mol. The van der Waals surface area contributed by atoms with Crippen molar-refractivity contribution < 1.29 is 28.5 Å². The number of hydrogen-bond donors (Lipinski definition) is 1. The second-order valence-electron chi connectivity index (χ2n) is 12.6. The van der Waals surface area contributed by atoms with Gasteiger partial charge in [-0.1, -0.05) is 41.4 Å².